The number of hydrogen-bond acceptors (Lipinski definition) is 4. The smallest absolute Gasteiger partial charge is 0.250 e. The summed E-state index contributed by atoms with van der Waals surface area (Å²) in [5, 5.41) is 5.94. The second kappa shape index (κ2) is 6.75. The second-order valence-electron chi connectivity index (χ2n) is 3.35. The zero-order valence-electron chi connectivity index (χ0n) is 8.42. The van der Waals surface area contributed by atoms with Crippen LogP contribution in [0.2, 0.25) is 0 Å². The number of nitrogens with two attached hydrogens (primary N) is 1. The van der Waals surface area contributed by atoms with Gasteiger partial charge in [0, 0.05) is 19.6 Å². The van der Waals surface area contributed by atoms with Gasteiger partial charge in [0.2, 0.25) is 5.91 Å². The number of rotatable bonds is 5. The number of amides is 1. The first kappa shape index (κ1) is 11.4. The van der Waals surface area contributed by atoms with Gasteiger partial charge in [-0.05, 0) is 19.4 Å². The summed E-state index contributed by atoms with van der Waals surface area (Å²) in [5.41, 5.74) is 5.34. The Hall–Kier alpha value is -0.650. The van der Waals surface area contributed by atoms with Gasteiger partial charge >= 0.3 is 0 Å². The van der Waals surface area contributed by atoms with Crippen molar-refractivity contribution < 1.29 is 9.53 Å². The molecule has 0 saturated carbocycles. The molecular weight excluding hydrogens is 182 g/mol. The predicted molar refractivity (Wildman–Crippen MR) is 53.9 cm³/mol. The molecule has 0 aromatic heterocycles. The Morgan fingerprint density at radius 1 is 1.57 bits per heavy atom. The van der Waals surface area contributed by atoms with Gasteiger partial charge < -0.3 is 21.1 Å². The molecule has 0 bridgehead atoms. The van der Waals surface area contributed by atoms with Crippen molar-refractivity contribution in [1.29, 1.82) is 0 Å². The van der Waals surface area contributed by atoms with Gasteiger partial charge in [0.05, 0.1) is 6.61 Å². The highest BCUT2D eigenvalue weighted by Gasteiger charge is 2.20. The van der Waals surface area contributed by atoms with Crippen LogP contribution in [0, 0.1) is 0 Å². The third-order valence-corrected chi connectivity index (χ3v) is 2.15. The lowest BCUT2D eigenvalue weighted by Gasteiger charge is -2.22. The molecule has 1 aliphatic heterocycles. The first-order valence-corrected chi connectivity index (χ1v) is 5.14. The standard InChI is InChI=1S/C9H19N3O2/c10-3-1-2-4-12-9(13)8-7-11-5-6-14-8/h8,11H,1-7,10H2,(H,12,13). The zero-order valence-corrected chi connectivity index (χ0v) is 8.42. The Labute approximate surface area is 84.4 Å². The van der Waals surface area contributed by atoms with E-state index >= 15 is 0 Å². The van der Waals surface area contributed by atoms with Crippen LogP contribution >= 0.6 is 0 Å². The second-order valence-corrected chi connectivity index (χ2v) is 3.35. The summed E-state index contributed by atoms with van der Waals surface area (Å²) in [6.07, 6.45) is 1.56. The lowest BCUT2D eigenvalue weighted by Crippen LogP contribution is -2.48. The summed E-state index contributed by atoms with van der Waals surface area (Å²) in [6, 6.07) is 0. The quantitative estimate of drug-likeness (QED) is 0.490. The van der Waals surface area contributed by atoms with Crippen molar-refractivity contribution in [3.8, 4) is 0 Å². The van der Waals surface area contributed by atoms with Crippen molar-refractivity contribution in [2.24, 2.45) is 5.73 Å². The number of carbonyl (C=O) groups excluding carboxylic acids is 1. The first-order valence-electron chi connectivity index (χ1n) is 5.14. The first-order chi connectivity index (χ1) is 6.84. The lowest BCUT2D eigenvalue weighted by atomic mass is 10.2. The van der Waals surface area contributed by atoms with Crippen LogP contribution in [0.15, 0.2) is 0 Å². The number of nitrogens with one attached hydrogen (secondary N) is 2. The average molecular weight is 201 g/mol. The molecule has 1 rings (SSSR count). The van der Waals surface area contributed by atoms with E-state index in [4.69, 9.17) is 10.5 Å². The Morgan fingerprint density at radius 3 is 3.07 bits per heavy atom. The molecule has 5 nitrogen and oxygen atoms in total. The summed E-state index contributed by atoms with van der Waals surface area (Å²) in [4.78, 5) is 11.5. The van der Waals surface area contributed by atoms with E-state index in [0.29, 0.717) is 26.2 Å². The summed E-state index contributed by atoms with van der Waals surface area (Å²) in [5.74, 6) is -0.0192. The van der Waals surface area contributed by atoms with Crippen molar-refractivity contribution in [3.63, 3.8) is 0 Å². The van der Waals surface area contributed by atoms with Crippen molar-refractivity contribution in [1.82, 2.24) is 10.6 Å². The van der Waals surface area contributed by atoms with E-state index in [-0.39, 0.29) is 12.0 Å². The minimum Gasteiger partial charge on any atom is -0.366 e. The van der Waals surface area contributed by atoms with Crippen molar-refractivity contribution in [3.05, 3.63) is 0 Å². The van der Waals surface area contributed by atoms with E-state index in [0.717, 1.165) is 19.4 Å². The van der Waals surface area contributed by atoms with E-state index in [9.17, 15) is 4.79 Å². The fraction of sp³-hybridized carbons (Fsp3) is 0.889. The Bertz CT molecular complexity index is 169. The Kier molecular flexibility index (Phi) is 5.51. The molecule has 0 aromatic carbocycles. The third-order valence-electron chi connectivity index (χ3n) is 2.15. The molecule has 1 atom stereocenters. The van der Waals surface area contributed by atoms with Gasteiger partial charge in [-0.1, -0.05) is 0 Å². The van der Waals surface area contributed by atoms with Gasteiger partial charge in [-0.15, -0.1) is 0 Å². The topological polar surface area (TPSA) is 76.4 Å². The lowest BCUT2D eigenvalue weighted by molar-refractivity contribution is -0.134. The highest BCUT2D eigenvalue weighted by atomic mass is 16.5. The van der Waals surface area contributed by atoms with Crippen LogP contribution in [0.25, 0.3) is 0 Å². The van der Waals surface area contributed by atoms with Gasteiger partial charge in [0.25, 0.3) is 0 Å². The van der Waals surface area contributed by atoms with E-state index in [1.54, 1.807) is 0 Å². The van der Waals surface area contributed by atoms with Gasteiger partial charge in [-0.2, -0.15) is 0 Å². The molecule has 0 radical (unpaired) electrons. The maximum absolute atomic E-state index is 11.5. The molecule has 82 valence electrons. The molecule has 1 aliphatic rings. The minimum atomic E-state index is -0.318. The molecule has 1 amide bonds. The zero-order chi connectivity index (χ0) is 10.2. The molecule has 0 aromatic rings. The van der Waals surface area contributed by atoms with Crippen LogP contribution in [0.5, 0.6) is 0 Å². The number of unbranched alkanes of at least 4 members (excludes halogenated alkanes) is 1. The fourth-order valence-electron chi connectivity index (χ4n) is 1.33. The number of morpholine rings is 1. The largest absolute Gasteiger partial charge is 0.366 e. The summed E-state index contributed by atoms with van der Waals surface area (Å²) >= 11 is 0. The average Bonchev–Trinajstić information content (AvgIpc) is 2.25. The van der Waals surface area contributed by atoms with Crippen molar-refractivity contribution in [2.75, 3.05) is 32.8 Å². The molecular formula is C9H19N3O2. The molecule has 1 heterocycles. The highest BCUT2D eigenvalue weighted by molar-refractivity contribution is 5.81. The van der Waals surface area contributed by atoms with Gasteiger partial charge in [0.15, 0.2) is 0 Å². The van der Waals surface area contributed by atoms with Crippen LogP contribution in [-0.2, 0) is 9.53 Å². The molecule has 1 saturated heterocycles. The third kappa shape index (κ3) is 4.04. The SMILES string of the molecule is NCCCCNC(=O)C1CNCCO1. The molecule has 0 spiro atoms. The molecule has 0 aliphatic carbocycles. The molecule has 5 heteroatoms. The maximum Gasteiger partial charge on any atom is 0.250 e. The summed E-state index contributed by atoms with van der Waals surface area (Å²) in [6.45, 7) is 3.42. The van der Waals surface area contributed by atoms with Gasteiger partial charge in [-0.25, -0.2) is 0 Å². The minimum absolute atomic E-state index is 0.0192. The number of ether oxygens (including phenoxy) is 1. The van der Waals surface area contributed by atoms with E-state index in [2.05, 4.69) is 10.6 Å². The van der Waals surface area contributed by atoms with Crippen LogP contribution < -0.4 is 16.4 Å². The summed E-state index contributed by atoms with van der Waals surface area (Å²) < 4.78 is 5.30. The number of hydrogen-bond donors (Lipinski definition) is 3. The van der Waals surface area contributed by atoms with Gasteiger partial charge in [0.1, 0.15) is 6.10 Å². The maximum atomic E-state index is 11.5. The monoisotopic (exact) mass is 201 g/mol. The molecule has 4 N–H and O–H groups in total. The fourth-order valence-corrected chi connectivity index (χ4v) is 1.33. The summed E-state index contributed by atoms with van der Waals surface area (Å²) in [7, 11) is 0. The predicted octanol–water partition coefficient (Wildman–Crippen LogP) is -1.17. The van der Waals surface area contributed by atoms with E-state index in [1.165, 1.54) is 0 Å². The molecule has 1 unspecified atom stereocenters. The molecule has 14 heavy (non-hydrogen) atoms. The van der Waals surface area contributed by atoms with E-state index < -0.39 is 0 Å². The van der Waals surface area contributed by atoms with Crippen LogP contribution in [0.1, 0.15) is 12.8 Å². The van der Waals surface area contributed by atoms with E-state index in [1.807, 2.05) is 0 Å². The Morgan fingerprint density at radius 2 is 2.43 bits per heavy atom. The van der Waals surface area contributed by atoms with Crippen LogP contribution in [0.4, 0.5) is 0 Å². The van der Waals surface area contributed by atoms with Crippen molar-refractivity contribution >= 4 is 5.91 Å². The number of carbonyl (C=O) groups is 1. The Balaban J connectivity index is 2.07. The van der Waals surface area contributed by atoms with Gasteiger partial charge in [-0.3, -0.25) is 4.79 Å². The van der Waals surface area contributed by atoms with Crippen molar-refractivity contribution in [2.45, 2.75) is 18.9 Å². The van der Waals surface area contributed by atoms with Crippen LogP contribution in [0.3, 0.4) is 0 Å². The highest BCUT2D eigenvalue weighted by Crippen LogP contribution is 1.95. The van der Waals surface area contributed by atoms with Crippen LogP contribution in [-0.4, -0.2) is 44.8 Å². The normalized spacial score (nSPS) is 21.9. The molecule has 1 fully saturated rings.